The Bertz CT molecular complexity index is 378. The second-order valence-electron chi connectivity index (χ2n) is 4.37. The fourth-order valence-corrected chi connectivity index (χ4v) is 2.21. The van der Waals surface area contributed by atoms with Crippen molar-refractivity contribution in [2.45, 2.75) is 24.5 Å². The van der Waals surface area contributed by atoms with Crippen molar-refractivity contribution < 1.29 is 14.9 Å². The molecule has 1 aliphatic heterocycles. The van der Waals surface area contributed by atoms with Gasteiger partial charge in [0.1, 0.15) is 11.9 Å². The lowest BCUT2D eigenvalue weighted by Crippen LogP contribution is -2.46. The molecule has 1 atom stereocenters. The molecule has 94 valence electrons. The first-order chi connectivity index (χ1) is 8.17. The molecule has 3 N–H and O–H groups in total. The van der Waals surface area contributed by atoms with Crippen LogP contribution >= 0.6 is 0 Å². The Kier molecular flexibility index (Phi) is 3.61. The number of aliphatic hydroxyl groups is 2. The normalized spacial score (nSPS) is 20.9. The highest BCUT2D eigenvalue weighted by Gasteiger charge is 2.39. The number of methoxy groups -OCH3 is 1. The minimum absolute atomic E-state index is 0.520. The lowest BCUT2D eigenvalue weighted by Gasteiger charge is -2.37. The van der Waals surface area contributed by atoms with E-state index in [2.05, 4.69) is 10.3 Å². The summed E-state index contributed by atoms with van der Waals surface area (Å²) in [7, 11) is 1.54. The topological polar surface area (TPSA) is 74.6 Å². The van der Waals surface area contributed by atoms with Gasteiger partial charge in [0.2, 0.25) is 0 Å². The van der Waals surface area contributed by atoms with Gasteiger partial charge in [0, 0.05) is 18.0 Å². The van der Waals surface area contributed by atoms with Crippen molar-refractivity contribution in [3.05, 3.63) is 24.0 Å². The predicted octanol–water partition coefficient (Wildman–Crippen LogP) is 0.238. The molecule has 0 spiro atoms. The van der Waals surface area contributed by atoms with Crippen LogP contribution in [-0.4, -0.2) is 41.0 Å². The molecule has 5 heteroatoms. The van der Waals surface area contributed by atoms with Crippen molar-refractivity contribution in [1.82, 2.24) is 10.3 Å². The van der Waals surface area contributed by atoms with Crippen LogP contribution in [0.15, 0.2) is 18.5 Å². The summed E-state index contributed by atoms with van der Waals surface area (Å²) in [4.78, 5) is 3.97. The van der Waals surface area contributed by atoms with Crippen LogP contribution in [0.1, 0.15) is 24.5 Å². The molecule has 0 aliphatic carbocycles. The van der Waals surface area contributed by atoms with Crippen molar-refractivity contribution in [3.63, 3.8) is 0 Å². The van der Waals surface area contributed by atoms with Gasteiger partial charge in [-0.2, -0.15) is 0 Å². The predicted molar refractivity (Wildman–Crippen MR) is 62.8 cm³/mol. The SMILES string of the molecule is COc1ccncc1C(O)C1(O)CCNCC1. The van der Waals surface area contributed by atoms with Gasteiger partial charge in [0.25, 0.3) is 0 Å². The molecule has 1 aromatic rings. The standard InChI is InChI=1S/C12H18N2O3/c1-17-10-2-5-14-8-9(10)11(15)12(16)3-6-13-7-4-12/h2,5,8,11,13,15-16H,3-4,6-7H2,1H3. The summed E-state index contributed by atoms with van der Waals surface area (Å²) >= 11 is 0. The molecule has 1 fully saturated rings. The molecule has 1 aromatic heterocycles. The molecule has 0 aromatic carbocycles. The zero-order valence-corrected chi connectivity index (χ0v) is 9.89. The van der Waals surface area contributed by atoms with E-state index >= 15 is 0 Å². The van der Waals surface area contributed by atoms with E-state index < -0.39 is 11.7 Å². The van der Waals surface area contributed by atoms with Crippen molar-refractivity contribution in [2.24, 2.45) is 0 Å². The minimum Gasteiger partial charge on any atom is -0.496 e. The summed E-state index contributed by atoms with van der Waals surface area (Å²) < 4.78 is 5.18. The summed E-state index contributed by atoms with van der Waals surface area (Å²) in [5.41, 5.74) is -0.555. The highest BCUT2D eigenvalue weighted by Crippen LogP contribution is 2.36. The van der Waals surface area contributed by atoms with Crippen LogP contribution in [0.3, 0.4) is 0 Å². The molecule has 0 bridgehead atoms. The summed E-state index contributed by atoms with van der Waals surface area (Å²) in [5, 5.41) is 23.9. The lowest BCUT2D eigenvalue weighted by molar-refractivity contribution is -0.0957. The number of ether oxygens (including phenoxy) is 1. The fourth-order valence-electron chi connectivity index (χ4n) is 2.21. The van der Waals surface area contributed by atoms with Gasteiger partial charge in [-0.1, -0.05) is 0 Å². The molecule has 0 saturated carbocycles. The van der Waals surface area contributed by atoms with Gasteiger partial charge in [0.05, 0.1) is 12.7 Å². The lowest BCUT2D eigenvalue weighted by atomic mass is 9.83. The van der Waals surface area contributed by atoms with Crippen LogP contribution in [-0.2, 0) is 0 Å². The number of hydrogen-bond acceptors (Lipinski definition) is 5. The largest absolute Gasteiger partial charge is 0.496 e. The van der Waals surface area contributed by atoms with Crippen LogP contribution < -0.4 is 10.1 Å². The molecule has 0 radical (unpaired) electrons. The quantitative estimate of drug-likeness (QED) is 0.703. The van der Waals surface area contributed by atoms with E-state index in [4.69, 9.17) is 4.74 Å². The van der Waals surface area contributed by atoms with Gasteiger partial charge >= 0.3 is 0 Å². The number of piperidine rings is 1. The third-order valence-corrected chi connectivity index (χ3v) is 3.30. The van der Waals surface area contributed by atoms with Gasteiger partial charge < -0.3 is 20.3 Å². The fraction of sp³-hybridized carbons (Fsp3) is 0.583. The van der Waals surface area contributed by atoms with Crippen LogP contribution in [0, 0.1) is 0 Å². The van der Waals surface area contributed by atoms with E-state index in [0.717, 1.165) is 0 Å². The number of pyridine rings is 1. The van der Waals surface area contributed by atoms with E-state index in [-0.39, 0.29) is 0 Å². The molecular formula is C12H18N2O3. The molecule has 1 unspecified atom stereocenters. The third kappa shape index (κ3) is 2.41. The summed E-state index contributed by atoms with van der Waals surface area (Å²) in [6, 6.07) is 1.68. The van der Waals surface area contributed by atoms with Gasteiger partial charge in [-0.05, 0) is 32.0 Å². The van der Waals surface area contributed by atoms with Gasteiger partial charge in [-0.3, -0.25) is 4.98 Å². The number of nitrogens with one attached hydrogen (secondary N) is 1. The molecule has 0 amide bonds. The first kappa shape index (κ1) is 12.3. The number of hydrogen-bond donors (Lipinski definition) is 3. The van der Waals surface area contributed by atoms with E-state index in [9.17, 15) is 10.2 Å². The van der Waals surface area contributed by atoms with Gasteiger partial charge in [-0.15, -0.1) is 0 Å². The molecule has 1 saturated heterocycles. The molecular weight excluding hydrogens is 220 g/mol. The van der Waals surface area contributed by atoms with E-state index in [1.807, 2.05) is 0 Å². The van der Waals surface area contributed by atoms with Crippen LogP contribution in [0.4, 0.5) is 0 Å². The molecule has 1 aliphatic rings. The summed E-state index contributed by atoms with van der Waals surface area (Å²) in [6.07, 6.45) is 3.22. The molecule has 2 rings (SSSR count). The second-order valence-corrected chi connectivity index (χ2v) is 4.37. The Morgan fingerprint density at radius 2 is 2.18 bits per heavy atom. The van der Waals surface area contributed by atoms with E-state index in [0.29, 0.717) is 37.2 Å². The van der Waals surface area contributed by atoms with E-state index in [1.165, 1.54) is 7.11 Å². The maximum Gasteiger partial charge on any atom is 0.127 e. The molecule has 17 heavy (non-hydrogen) atoms. The van der Waals surface area contributed by atoms with Crippen LogP contribution in [0.25, 0.3) is 0 Å². The zero-order valence-electron chi connectivity index (χ0n) is 9.89. The monoisotopic (exact) mass is 238 g/mol. The number of rotatable bonds is 3. The smallest absolute Gasteiger partial charge is 0.127 e. The molecule has 2 heterocycles. The number of aromatic nitrogens is 1. The van der Waals surface area contributed by atoms with E-state index in [1.54, 1.807) is 18.5 Å². The van der Waals surface area contributed by atoms with Crippen molar-refractivity contribution in [1.29, 1.82) is 0 Å². The molecule has 5 nitrogen and oxygen atoms in total. The summed E-state index contributed by atoms with van der Waals surface area (Å²) in [6.45, 7) is 1.41. The Morgan fingerprint density at radius 1 is 1.47 bits per heavy atom. The Hall–Kier alpha value is -1.17. The average molecular weight is 238 g/mol. The average Bonchev–Trinajstić information content (AvgIpc) is 2.38. The minimum atomic E-state index is -1.10. The number of nitrogens with zero attached hydrogens (tertiary/aromatic N) is 1. The Morgan fingerprint density at radius 3 is 2.82 bits per heavy atom. The highest BCUT2D eigenvalue weighted by molar-refractivity contribution is 5.33. The second kappa shape index (κ2) is 5.00. The van der Waals surface area contributed by atoms with Crippen LogP contribution in [0.2, 0.25) is 0 Å². The third-order valence-electron chi connectivity index (χ3n) is 3.30. The first-order valence-corrected chi connectivity index (χ1v) is 5.76. The number of aliphatic hydroxyl groups excluding tert-OH is 1. The Balaban J connectivity index is 2.26. The van der Waals surface area contributed by atoms with Crippen molar-refractivity contribution >= 4 is 0 Å². The maximum atomic E-state index is 10.4. The van der Waals surface area contributed by atoms with Gasteiger partial charge in [0.15, 0.2) is 0 Å². The zero-order chi connectivity index (χ0) is 12.3. The first-order valence-electron chi connectivity index (χ1n) is 5.76. The van der Waals surface area contributed by atoms with Crippen LogP contribution in [0.5, 0.6) is 5.75 Å². The van der Waals surface area contributed by atoms with Gasteiger partial charge in [-0.25, -0.2) is 0 Å². The highest BCUT2D eigenvalue weighted by atomic mass is 16.5. The van der Waals surface area contributed by atoms with Crippen molar-refractivity contribution in [3.8, 4) is 5.75 Å². The summed E-state index contributed by atoms with van der Waals surface area (Å²) in [5.74, 6) is 0.555. The maximum absolute atomic E-state index is 10.4. The van der Waals surface area contributed by atoms with Crippen molar-refractivity contribution in [2.75, 3.05) is 20.2 Å². The Labute approximate surface area is 100 Å².